The summed E-state index contributed by atoms with van der Waals surface area (Å²) in [4.78, 5) is 26.4. The molecule has 0 spiro atoms. The predicted molar refractivity (Wildman–Crippen MR) is 78.9 cm³/mol. The van der Waals surface area contributed by atoms with E-state index in [1.165, 1.54) is 23.5 Å². The fourth-order valence-electron chi connectivity index (χ4n) is 2.33. The van der Waals surface area contributed by atoms with Crippen molar-refractivity contribution < 1.29 is 14.0 Å². The third-order valence-electron chi connectivity index (χ3n) is 3.39. The van der Waals surface area contributed by atoms with Crippen molar-refractivity contribution in [3.63, 3.8) is 0 Å². The quantitative estimate of drug-likeness (QED) is 0.947. The lowest BCUT2D eigenvalue weighted by Gasteiger charge is -2.17. The van der Waals surface area contributed by atoms with Gasteiger partial charge in [0.15, 0.2) is 0 Å². The number of amides is 2. The second-order valence-electron chi connectivity index (χ2n) is 4.76. The molecule has 1 aliphatic rings. The molecule has 1 saturated heterocycles. The Labute approximate surface area is 125 Å². The molecule has 21 heavy (non-hydrogen) atoms. The molecule has 4 nitrogen and oxygen atoms in total. The maximum Gasteiger partial charge on any atom is 0.261 e. The molecule has 1 atom stereocenters. The van der Waals surface area contributed by atoms with Crippen molar-refractivity contribution >= 4 is 28.8 Å². The van der Waals surface area contributed by atoms with Crippen molar-refractivity contribution in [1.82, 2.24) is 5.32 Å². The molecule has 1 aromatic heterocycles. The van der Waals surface area contributed by atoms with Crippen LogP contribution in [0.25, 0.3) is 0 Å². The zero-order chi connectivity index (χ0) is 14.8. The molecule has 3 rings (SSSR count). The fraction of sp³-hybridized carbons (Fsp3) is 0.200. The van der Waals surface area contributed by atoms with E-state index in [0.717, 1.165) is 0 Å². The van der Waals surface area contributed by atoms with Crippen LogP contribution in [0.15, 0.2) is 41.8 Å². The van der Waals surface area contributed by atoms with Gasteiger partial charge in [0.2, 0.25) is 5.91 Å². The summed E-state index contributed by atoms with van der Waals surface area (Å²) in [6.07, 6.45) is 0.549. The van der Waals surface area contributed by atoms with Gasteiger partial charge in [0, 0.05) is 12.2 Å². The Bertz CT molecular complexity index is 655. The van der Waals surface area contributed by atoms with Gasteiger partial charge in [-0.15, -0.1) is 11.3 Å². The van der Waals surface area contributed by atoms with Gasteiger partial charge in [-0.2, -0.15) is 0 Å². The van der Waals surface area contributed by atoms with Crippen LogP contribution in [0.2, 0.25) is 0 Å². The number of nitrogens with one attached hydrogen (secondary N) is 1. The van der Waals surface area contributed by atoms with E-state index in [2.05, 4.69) is 5.32 Å². The summed E-state index contributed by atoms with van der Waals surface area (Å²) in [6, 6.07) is 8.76. The standard InChI is InChI=1S/C15H13FN2O2S/c16-10-3-5-11(6-4-10)18-8-7-12(15(18)20)17-14(19)13-2-1-9-21-13/h1-6,9,12H,7-8H2,(H,17,19)/t12-/m1/s1. The minimum atomic E-state index is -0.523. The molecule has 6 heteroatoms. The number of hydrogen-bond acceptors (Lipinski definition) is 3. The number of carbonyl (C=O) groups is 2. The van der Waals surface area contributed by atoms with Crippen LogP contribution >= 0.6 is 11.3 Å². The van der Waals surface area contributed by atoms with E-state index in [1.54, 1.807) is 29.2 Å². The molecule has 0 bridgehead atoms. The highest BCUT2D eigenvalue weighted by Gasteiger charge is 2.33. The summed E-state index contributed by atoms with van der Waals surface area (Å²) >= 11 is 1.34. The van der Waals surface area contributed by atoms with E-state index >= 15 is 0 Å². The van der Waals surface area contributed by atoms with Gasteiger partial charge in [-0.3, -0.25) is 9.59 Å². The third-order valence-corrected chi connectivity index (χ3v) is 4.26. The number of carbonyl (C=O) groups excluding carboxylic acids is 2. The number of rotatable bonds is 3. The zero-order valence-electron chi connectivity index (χ0n) is 11.1. The fourth-order valence-corrected chi connectivity index (χ4v) is 2.96. The molecule has 0 saturated carbocycles. The third kappa shape index (κ3) is 2.80. The number of benzene rings is 1. The molecule has 0 radical (unpaired) electrons. The zero-order valence-corrected chi connectivity index (χ0v) is 11.9. The van der Waals surface area contributed by atoms with Crippen molar-refractivity contribution in [2.24, 2.45) is 0 Å². The average Bonchev–Trinajstić information content (AvgIpc) is 3.11. The lowest BCUT2D eigenvalue weighted by Crippen LogP contribution is -2.41. The molecule has 108 valence electrons. The van der Waals surface area contributed by atoms with E-state index in [0.29, 0.717) is 23.5 Å². The molecular formula is C15H13FN2O2S. The lowest BCUT2D eigenvalue weighted by molar-refractivity contribution is -0.118. The van der Waals surface area contributed by atoms with Gasteiger partial charge in [-0.25, -0.2) is 4.39 Å². The smallest absolute Gasteiger partial charge is 0.261 e. The molecule has 2 heterocycles. The van der Waals surface area contributed by atoms with Crippen LogP contribution < -0.4 is 10.2 Å². The number of anilines is 1. The number of nitrogens with zero attached hydrogens (tertiary/aromatic N) is 1. The molecule has 1 N–H and O–H groups in total. The monoisotopic (exact) mass is 304 g/mol. The summed E-state index contributed by atoms with van der Waals surface area (Å²) in [5.74, 6) is -0.733. The Hall–Kier alpha value is -2.21. The van der Waals surface area contributed by atoms with Crippen molar-refractivity contribution in [2.75, 3.05) is 11.4 Å². The number of hydrogen-bond donors (Lipinski definition) is 1. The molecular weight excluding hydrogens is 291 g/mol. The summed E-state index contributed by atoms with van der Waals surface area (Å²) in [6.45, 7) is 0.514. The van der Waals surface area contributed by atoms with Gasteiger partial charge >= 0.3 is 0 Å². The van der Waals surface area contributed by atoms with Gasteiger partial charge in [0.25, 0.3) is 5.91 Å². The van der Waals surface area contributed by atoms with E-state index in [4.69, 9.17) is 0 Å². The van der Waals surface area contributed by atoms with E-state index in [1.807, 2.05) is 5.38 Å². The number of thiophene rings is 1. The predicted octanol–water partition coefficient (Wildman–Crippen LogP) is 2.42. The first-order valence-corrected chi connectivity index (χ1v) is 7.44. The Morgan fingerprint density at radius 3 is 2.71 bits per heavy atom. The average molecular weight is 304 g/mol. The van der Waals surface area contributed by atoms with Crippen LogP contribution in [-0.4, -0.2) is 24.4 Å². The van der Waals surface area contributed by atoms with Gasteiger partial charge < -0.3 is 10.2 Å². The van der Waals surface area contributed by atoms with Gasteiger partial charge in [0.1, 0.15) is 11.9 Å². The Morgan fingerprint density at radius 1 is 1.29 bits per heavy atom. The molecule has 0 aliphatic carbocycles. The molecule has 0 unspecified atom stereocenters. The highest BCUT2D eigenvalue weighted by atomic mass is 32.1. The first kappa shape index (κ1) is 13.8. The van der Waals surface area contributed by atoms with E-state index in [-0.39, 0.29) is 17.6 Å². The molecule has 1 fully saturated rings. The van der Waals surface area contributed by atoms with Crippen LogP contribution in [0.1, 0.15) is 16.1 Å². The first-order valence-electron chi connectivity index (χ1n) is 6.56. The second kappa shape index (κ2) is 5.65. The van der Waals surface area contributed by atoms with Crippen LogP contribution in [0.5, 0.6) is 0 Å². The summed E-state index contributed by atoms with van der Waals surface area (Å²) < 4.78 is 12.9. The largest absolute Gasteiger partial charge is 0.339 e. The van der Waals surface area contributed by atoms with Crippen LogP contribution in [0, 0.1) is 5.82 Å². The van der Waals surface area contributed by atoms with Gasteiger partial charge in [-0.1, -0.05) is 6.07 Å². The SMILES string of the molecule is O=C(N[C@@H]1CCN(c2ccc(F)cc2)C1=O)c1cccs1. The van der Waals surface area contributed by atoms with Crippen molar-refractivity contribution in [1.29, 1.82) is 0 Å². The topological polar surface area (TPSA) is 49.4 Å². The Kier molecular flexibility index (Phi) is 3.70. The highest BCUT2D eigenvalue weighted by Crippen LogP contribution is 2.22. The maximum absolute atomic E-state index is 12.9. The highest BCUT2D eigenvalue weighted by molar-refractivity contribution is 7.12. The second-order valence-corrected chi connectivity index (χ2v) is 5.71. The van der Waals surface area contributed by atoms with Crippen molar-refractivity contribution in [2.45, 2.75) is 12.5 Å². The minimum absolute atomic E-state index is 0.161. The van der Waals surface area contributed by atoms with Crippen molar-refractivity contribution in [3.05, 3.63) is 52.5 Å². The lowest BCUT2D eigenvalue weighted by atomic mass is 10.2. The van der Waals surface area contributed by atoms with E-state index < -0.39 is 6.04 Å². The first-order chi connectivity index (χ1) is 10.1. The summed E-state index contributed by atoms with van der Waals surface area (Å²) in [7, 11) is 0. The van der Waals surface area contributed by atoms with E-state index in [9.17, 15) is 14.0 Å². The molecule has 2 amide bonds. The maximum atomic E-state index is 12.9. The van der Waals surface area contributed by atoms with Crippen LogP contribution in [0.3, 0.4) is 0 Å². The number of halogens is 1. The van der Waals surface area contributed by atoms with Gasteiger partial charge in [-0.05, 0) is 42.1 Å². The van der Waals surface area contributed by atoms with Crippen LogP contribution in [-0.2, 0) is 4.79 Å². The minimum Gasteiger partial charge on any atom is -0.339 e. The molecule has 1 aromatic carbocycles. The Morgan fingerprint density at radius 2 is 2.05 bits per heavy atom. The summed E-state index contributed by atoms with van der Waals surface area (Å²) in [5.41, 5.74) is 0.647. The molecule has 2 aromatic rings. The summed E-state index contributed by atoms with van der Waals surface area (Å²) in [5, 5.41) is 4.56. The normalized spacial score (nSPS) is 18.0. The Balaban J connectivity index is 1.69. The van der Waals surface area contributed by atoms with Crippen molar-refractivity contribution in [3.8, 4) is 0 Å². The van der Waals surface area contributed by atoms with Gasteiger partial charge in [0.05, 0.1) is 4.88 Å². The van der Waals surface area contributed by atoms with Crippen LogP contribution in [0.4, 0.5) is 10.1 Å². The molecule has 1 aliphatic heterocycles.